The van der Waals surface area contributed by atoms with Crippen molar-refractivity contribution in [1.82, 2.24) is 4.98 Å². The number of nitrogens with zero attached hydrogens (tertiary/aromatic N) is 1. The van der Waals surface area contributed by atoms with Gasteiger partial charge in [0.25, 0.3) is 0 Å². The number of carbonyl (C=O) groups excluding carboxylic acids is 1. The van der Waals surface area contributed by atoms with Gasteiger partial charge in [0.15, 0.2) is 0 Å². The third-order valence-electron chi connectivity index (χ3n) is 2.35. The number of aliphatic hydroxyl groups is 1. The number of ether oxygens (including phenoxy) is 1. The van der Waals surface area contributed by atoms with E-state index in [4.69, 9.17) is 4.74 Å². The molecular weight excluding hydrogens is 226 g/mol. The van der Waals surface area contributed by atoms with Gasteiger partial charge in [-0.15, -0.1) is 11.3 Å². The largest absolute Gasteiger partial charge is 0.466 e. The molecule has 1 aromatic rings. The maximum Gasteiger partial charge on any atom is 0.311 e. The van der Waals surface area contributed by atoms with Gasteiger partial charge < -0.3 is 9.84 Å². The van der Waals surface area contributed by atoms with E-state index >= 15 is 0 Å². The summed E-state index contributed by atoms with van der Waals surface area (Å²) in [5, 5.41) is 12.7. The highest BCUT2D eigenvalue weighted by Gasteiger charge is 2.29. The van der Waals surface area contributed by atoms with Crippen molar-refractivity contribution in [1.29, 1.82) is 0 Å². The molecule has 1 aromatic heterocycles. The molecule has 90 valence electrons. The molecule has 0 saturated heterocycles. The summed E-state index contributed by atoms with van der Waals surface area (Å²) in [6.07, 6.45) is -0.328. The Balaban J connectivity index is 2.76. The zero-order chi connectivity index (χ0) is 12.1. The van der Waals surface area contributed by atoms with Gasteiger partial charge in [-0.25, -0.2) is 4.98 Å². The van der Waals surface area contributed by atoms with E-state index in [0.717, 1.165) is 5.01 Å². The minimum Gasteiger partial charge on any atom is -0.466 e. The van der Waals surface area contributed by atoms with E-state index in [1.165, 1.54) is 11.3 Å². The van der Waals surface area contributed by atoms with Crippen LogP contribution in [0.4, 0.5) is 0 Å². The number of aryl methyl sites for hydroxylation is 1. The maximum atomic E-state index is 11.6. The third-order valence-corrected chi connectivity index (χ3v) is 3.14. The number of hydrogen-bond acceptors (Lipinski definition) is 5. The molecule has 16 heavy (non-hydrogen) atoms. The summed E-state index contributed by atoms with van der Waals surface area (Å²) in [6.45, 7) is 5.80. The fourth-order valence-electron chi connectivity index (χ4n) is 1.49. The Morgan fingerprint density at radius 3 is 2.75 bits per heavy atom. The molecule has 0 amide bonds. The van der Waals surface area contributed by atoms with E-state index in [2.05, 4.69) is 4.98 Å². The van der Waals surface area contributed by atoms with Gasteiger partial charge in [-0.05, 0) is 20.3 Å². The van der Waals surface area contributed by atoms with Crippen molar-refractivity contribution in [3.63, 3.8) is 0 Å². The summed E-state index contributed by atoms with van der Waals surface area (Å²) in [4.78, 5) is 15.8. The number of aromatic nitrogens is 1. The van der Waals surface area contributed by atoms with Crippen LogP contribution < -0.4 is 0 Å². The van der Waals surface area contributed by atoms with Gasteiger partial charge >= 0.3 is 5.97 Å². The molecule has 5 heteroatoms. The van der Waals surface area contributed by atoms with Gasteiger partial charge in [0.05, 0.1) is 23.2 Å². The summed E-state index contributed by atoms with van der Waals surface area (Å²) in [5.41, 5.74) is 0.558. The van der Waals surface area contributed by atoms with Crippen molar-refractivity contribution in [2.45, 2.75) is 33.3 Å². The first kappa shape index (κ1) is 13.1. The smallest absolute Gasteiger partial charge is 0.311 e. The second-order valence-corrected chi connectivity index (χ2v) is 4.57. The molecule has 0 spiro atoms. The second-order valence-electron chi connectivity index (χ2n) is 3.50. The molecule has 0 aliphatic rings. The van der Waals surface area contributed by atoms with Crippen molar-refractivity contribution in [3.8, 4) is 0 Å². The van der Waals surface area contributed by atoms with E-state index in [9.17, 15) is 9.90 Å². The van der Waals surface area contributed by atoms with Gasteiger partial charge in [-0.2, -0.15) is 0 Å². The van der Waals surface area contributed by atoms with Crippen molar-refractivity contribution < 1.29 is 14.6 Å². The predicted octanol–water partition coefficient (Wildman–Crippen LogP) is 2.07. The van der Waals surface area contributed by atoms with Crippen LogP contribution in [0.2, 0.25) is 0 Å². The van der Waals surface area contributed by atoms with Crippen molar-refractivity contribution in [2.75, 3.05) is 6.61 Å². The Hall–Kier alpha value is -0.940. The van der Waals surface area contributed by atoms with Gasteiger partial charge in [-0.1, -0.05) is 6.92 Å². The normalized spacial score (nSPS) is 14.5. The van der Waals surface area contributed by atoms with Crippen LogP contribution in [0.25, 0.3) is 0 Å². The Kier molecular flexibility index (Phi) is 4.89. The lowest BCUT2D eigenvalue weighted by molar-refractivity contribution is -0.152. The number of rotatable bonds is 5. The average molecular weight is 243 g/mol. The lowest BCUT2D eigenvalue weighted by Crippen LogP contribution is -2.24. The van der Waals surface area contributed by atoms with Gasteiger partial charge in [0.2, 0.25) is 0 Å². The highest BCUT2D eigenvalue weighted by atomic mass is 32.1. The van der Waals surface area contributed by atoms with E-state index < -0.39 is 12.0 Å². The van der Waals surface area contributed by atoms with Crippen LogP contribution in [0.3, 0.4) is 0 Å². The van der Waals surface area contributed by atoms with E-state index in [-0.39, 0.29) is 5.97 Å². The molecule has 4 nitrogen and oxygen atoms in total. The topological polar surface area (TPSA) is 59.4 Å². The standard InChI is InChI=1S/C11H17NO3S/c1-4-8(11(14)15-5-2)10(13)9-6-16-7(3)12-9/h6,8,10,13H,4-5H2,1-3H3. The monoisotopic (exact) mass is 243 g/mol. The molecule has 0 radical (unpaired) electrons. The molecule has 0 aliphatic carbocycles. The minimum absolute atomic E-state index is 0.331. The van der Waals surface area contributed by atoms with E-state index in [1.54, 1.807) is 12.3 Å². The lowest BCUT2D eigenvalue weighted by Gasteiger charge is -2.18. The molecule has 0 aliphatic heterocycles. The van der Waals surface area contributed by atoms with Crippen LogP contribution in [-0.4, -0.2) is 22.7 Å². The van der Waals surface area contributed by atoms with Gasteiger partial charge in [0.1, 0.15) is 6.10 Å². The SMILES string of the molecule is CCOC(=O)C(CC)C(O)c1csc(C)n1. The second kappa shape index (κ2) is 5.96. The number of carbonyl (C=O) groups is 1. The fourth-order valence-corrected chi connectivity index (χ4v) is 2.13. The summed E-state index contributed by atoms with van der Waals surface area (Å²) in [7, 11) is 0. The van der Waals surface area contributed by atoms with Gasteiger partial charge in [-0.3, -0.25) is 4.79 Å². The maximum absolute atomic E-state index is 11.6. The lowest BCUT2D eigenvalue weighted by atomic mass is 9.98. The zero-order valence-electron chi connectivity index (χ0n) is 9.77. The summed E-state index contributed by atoms with van der Waals surface area (Å²) < 4.78 is 4.92. The third kappa shape index (κ3) is 3.02. The summed E-state index contributed by atoms with van der Waals surface area (Å²) in [6, 6.07) is 0. The Labute approximate surface area is 99.3 Å². The molecular formula is C11H17NO3S. The predicted molar refractivity (Wildman–Crippen MR) is 62.2 cm³/mol. The Morgan fingerprint density at radius 1 is 1.62 bits per heavy atom. The molecule has 2 atom stereocenters. The number of aliphatic hydroxyl groups excluding tert-OH is 1. The molecule has 0 saturated carbocycles. The minimum atomic E-state index is -0.867. The van der Waals surface area contributed by atoms with Crippen molar-refractivity contribution in [3.05, 3.63) is 16.1 Å². The highest BCUT2D eigenvalue weighted by Crippen LogP contribution is 2.26. The number of hydrogen-bond donors (Lipinski definition) is 1. The Morgan fingerprint density at radius 2 is 2.31 bits per heavy atom. The molecule has 1 rings (SSSR count). The summed E-state index contributed by atoms with van der Waals surface area (Å²) in [5.74, 6) is -0.885. The fraction of sp³-hybridized carbons (Fsp3) is 0.636. The van der Waals surface area contributed by atoms with E-state index in [0.29, 0.717) is 18.7 Å². The average Bonchev–Trinajstić information content (AvgIpc) is 2.66. The van der Waals surface area contributed by atoms with Crippen molar-refractivity contribution >= 4 is 17.3 Å². The van der Waals surface area contributed by atoms with Crippen LogP contribution in [-0.2, 0) is 9.53 Å². The Bertz CT molecular complexity index is 351. The number of esters is 1. The first-order valence-electron chi connectivity index (χ1n) is 5.36. The zero-order valence-corrected chi connectivity index (χ0v) is 10.6. The molecule has 1 heterocycles. The van der Waals surface area contributed by atoms with Crippen molar-refractivity contribution in [2.24, 2.45) is 5.92 Å². The quantitative estimate of drug-likeness (QED) is 0.804. The molecule has 0 aromatic carbocycles. The van der Waals surface area contributed by atoms with Crippen LogP contribution in [0.1, 0.15) is 37.1 Å². The first-order chi connectivity index (χ1) is 7.60. The molecule has 2 unspecified atom stereocenters. The summed E-state index contributed by atoms with van der Waals surface area (Å²) >= 11 is 1.46. The van der Waals surface area contributed by atoms with Crippen LogP contribution >= 0.6 is 11.3 Å². The molecule has 0 fully saturated rings. The van der Waals surface area contributed by atoms with Crippen LogP contribution in [0, 0.1) is 12.8 Å². The molecule has 1 N–H and O–H groups in total. The molecule has 0 bridgehead atoms. The van der Waals surface area contributed by atoms with Gasteiger partial charge in [0, 0.05) is 5.38 Å². The van der Waals surface area contributed by atoms with Crippen LogP contribution in [0.5, 0.6) is 0 Å². The van der Waals surface area contributed by atoms with E-state index in [1.807, 2.05) is 13.8 Å². The number of thiazole rings is 1. The first-order valence-corrected chi connectivity index (χ1v) is 6.24. The van der Waals surface area contributed by atoms with Crippen LogP contribution in [0.15, 0.2) is 5.38 Å². The highest BCUT2D eigenvalue weighted by molar-refractivity contribution is 7.09.